The van der Waals surface area contributed by atoms with E-state index in [1.54, 1.807) is 37.7 Å². The maximum Gasteiger partial charge on any atom is 0.408 e. The summed E-state index contributed by atoms with van der Waals surface area (Å²) < 4.78 is 40.4. The molecule has 34 heavy (non-hydrogen) atoms. The number of nitrogens with zero attached hydrogens (tertiary/aromatic N) is 3. The van der Waals surface area contributed by atoms with E-state index in [-0.39, 0.29) is 37.6 Å². The molecule has 0 radical (unpaired) electrons. The maximum absolute atomic E-state index is 13.8. The lowest BCUT2D eigenvalue weighted by atomic mass is 9.81. The number of nitrogens with two attached hydrogens (primary N) is 1. The largest absolute Gasteiger partial charge is 0.444 e. The van der Waals surface area contributed by atoms with Crippen molar-refractivity contribution in [2.24, 2.45) is 11.7 Å². The molecule has 2 saturated carbocycles. The molecule has 2 fully saturated rings. The zero-order chi connectivity index (χ0) is 24.5. The summed E-state index contributed by atoms with van der Waals surface area (Å²) in [4.78, 5) is 17.3. The number of hydrogen-bond acceptors (Lipinski definition) is 6. The Labute approximate surface area is 198 Å². The summed E-state index contributed by atoms with van der Waals surface area (Å²) in [5.74, 6) is -2.85. The fraction of sp³-hybridized carbons (Fsp3) is 0.708. The van der Waals surface area contributed by atoms with E-state index in [9.17, 15) is 13.6 Å². The van der Waals surface area contributed by atoms with Gasteiger partial charge in [0.2, 0.25) is 5.92 Å². The molecule has 0 aliphatic heterocycles. The molecule has 4 rings (SSSR count). The molecule has 2 aromatic rings. The van der Waals surface area contributed by atoms with Crippen molar-refractivity contribution in [2.45, 2.75) is 95.4 Å². The number of fused-ring (bicyclic) bond motifs is 1. The number of alkyl carbamates (subject to hydrolysis) is 1. The summed E-state index contributed by atoms with van der Waals surface area (Å²) >= 11 is 0. The van der Waals surface area contributed by atoms with E-state index in [1.807, 2.05) is 6.07 Å². The SMILES string of the molecule is CC(C)(C)OC(=O)N[C@H](c1cn2ncc([C@H](N)COC3CCC3)cc2n1)C1CCC(F)(F)CC1. The summed E-state index contributed by atoms with van der Waals surface area (Å²) in [5.41, 5.74) is 7.56. The van der Waals surface area contributed by atoms with E-state index in [2.05, 4.69) is 15.4 Å². The third-order valence-corrected chi connectivity index (χ3v) is 6.58. The zero-order valence-electron chi connectivity index (χ0n) is 20.1. The molecule has 8 nitrogen and oxygen atoms in total. The summed E-state index contributed by atoms with van der Waals surface area (Å²) in [6, 6.07) is 0.964. The lowest BCUT2D eigenvalue weighted by Crippen LogP contribution is -2.40. The van der Waals surface area contributed by atoms with Crippen molar-refractivity contribution >= 4 is 11.7 Å². The van der Waals surface area contributed by atoms with Crippen LogP contribution in [0.1, 0.15) is 89.1 Å². The Balaban J connectivity index is 1.53. The average Bonchev–Trinajstić information content (AvgIpc) is 3.13. The quantitative estimate of drug-likeness (QED) is 0.597. The number of halogens is 2. The van der Waals surface area contributed by atoms with Crippen molar-refractivity contribution in [3.8, 4) is 0 Å². The maximum atomic E-state index is 13.8. The van der Waals surface area contributed by atoms with Crippen LogP contribution in [-0.4, -0.2) is 44.9 Å². The molecule has 2 aliphatic carbocycles. The first-order valence-electron chi connectivity index (χ1n) is 12.1. The van der Waals surface area contributed by atoms with Gasteiger partial charge in [-0.05, 0) is 70.4 Å². The van der Waals surface area contributed by atoms with Gasteiger partial charge in [0.15, 0.2) is 5.65 Å². The second-order valence-electron chi connectivity index (χ2n) is 10.6. The highest BCUT2D eigenvalue weighted by atomic mass is 19.3. The van der Waals surface area contributed by atoms with Gasteiger partial charge in [0.1, 0.15) is 5.60 Å². The van der Waals surface area contributed by atoms with Gasteiger partial charge in [-0.1, -0.05) is 0 Å². The Hall–Kier alpha value is -2.33. The standard InChI is InChI=1S/C24H35F2N5O3/c1-23(2,3)34-22(32)30-21(15-7-9-24(25,26)10-8-15)19-13-31-20(29-19)11-16(12-28-31)18(27)14-33-17-5-4-6-17/h11-13,15,17-18,21H,4-10,14,27H2,1-3H3,(H,30,32)/t18-,21+/m1/s1. The van der Waals surface area contributed by atoms with E-state index in [0.29, 0.717) is 24.1 Å². The topological polar surface area (TPSA) is 104 Å². The van der Waals surface area contributed by atoms with Crippen molar-refractivity contribution in [1.82, 2.24) is 19.9 Å². The van der Waals surface area contributed by atoms with Gasteiger partial charge in [-0.3, -0.25) is 0 Å². The number of rotatable bonds is 7. The predicted molar refractivity (Wildman–Crippen MR) is 123 cm³/mol. The van der Waals surface area contributed by atoms with Gasteiger partial charge in [-0.15, -0.1) is 0 Å². The molecule has 0 bridgehead atoms. The van der Waals surface area contributed by atoms with Crippen molar-refractivity contribution < 1.29 is 23.0 Å². The van der Waals surface area contributed by atoms with Gasteiger partial charge >= 0.3 is 6.09 Å². The van der Waals surface area contributed by atoms with Crippen LogP contribution in [0, 0.1) is 5.92 Å². The van der Waals surface area contributed by atoms with Gasteiger partial charge in [0.25, 0.3) is 0 Å². The van der Waals surface area contributed by atoms with Gasteiger partial charge in [0, 0.05) is 12.8 Å². The van der Waals surface area contributed by atoms with E-state index in [4.69, 9.17) is 15.2 Å². The number of carbonyl (C=O) groups is 1. The lowest BCUT2D eigenvalue weighted by molar-refractivity contribution is -0.0500. The monoisotopic (exact) mass is 479 g/mol. The first-order valence-corrected chi connectivity index (χ1v) is 12.1. The third-order valence-electron chi connectivity index (χ3n) is 6.58. The Morgan fingerprint density at radius 1 is 1.29 bits per heavy atom. The number of nitrogens with one attached hydrogen (secondary N) is 1. The Bertz CT molecular complexity index is 992. The number of aromatic nitrogens is 3. The van der Waals surface area contributed by atoms with Crippen LogP contribution in [-0.2, 0) is 9.47 Å². The highest BCUT2D eigenvalue weighted by Gasteiger charge is 2.39. The van der Waals surface area contributed by atoms with E-state index in [1.165, 1.54) is 6.42 Å². The minimum Gasteiger partial charge on any atom is -0.444 e. The fourth-order valence-corrected chi connectivity index (χ4v) is 4.40. The molecular weight excluding hydrogens is 444 g/mol. The number of carbonyl (C=O) groups excluding carboxylic acids is 1. The number of amides is 1. The van der Waals surface area contributed by atoms with E-state index in [0.717, 1.165) is 18.4 Å². The van der Waals surface area contributed by atoms with E-state index >= 15 is 0 Å². The first-order chi connectivity index (χ1) is 16.0. The van der Waals surface area contributed by atoms with Crippen LogP contribution in [0.25, 0.3) is 5.65 Å². The van der Waals surface area contributed by atoms with Crippen LogP contribution in [0.5, 0.6) is 0 Å². The molecule has 3 N–H and O–H groups in total. The van der Waals surface area contributed by atoms with Gasteiger partial charge in [-0.25, -0.2) is 23.1 Å². The summed E-state index contributed by atoms with van der Waals surface area (Å²) in [7, 11) is 0. The summed E-state index contributed by atoms with van der Waals surface area (Å²) in [5, 5.41) is 7.30. The molecule has 1 amide bonds. The summed E-state index contributed by atoms with van der Waals surface area (Å²) in [6.07, 6.45) is 6.59. The predicted octanol–water partition coefficient (Wildman–Crippen LogP) is 4.69. The van der Waals surface area contributed by atoms with Crippen molar-refractivity contribution in [3.63, 3.8) is 0 Å². The highest BCUT2D eigenvalue weighted by molar-refractivity contribution is 5.68. The first kappa shape index (κ1) is 24.8. The molecule has 2 atom stereocenters. The fourth-order valence-electron chi connectivity index (χ4n) is 4.40. The Morgan fingerprint density at radius 3 is 2.62 bits per heavy atom. The van der Waals surface area contributed by atoms with Crippen molar-refractivity contribution in [2.75, 3.05) is 6.61 Å². The minimum absolute atomic E-state index is 0.186. The number of hydrogen-bond donors (Lipinski definition) is 2. The van der Waals surface area contributed by atoms with Crippen LogP contribution in [0.15, 0.2) is 18.5 Å². The molecule has 2 aliphatic rings. The molecule has 0 spiro atoms. The molecule has 0 saturated heterocycles. The smallest absolute Gasteiger partial charge is 0.408 e. The van der Waals surface area contributed by atoms with Gasteiger partial charge < -0.3 is 20.5 Å². The molecule has 2 aromatic heterocycles. The van der Waals surface area contributed by atoms with Gasteiger partial charge in [-0.2, -0.15) is 5.10 Å². The zero-order valence-corrected chi connectivity index (χ0v) is 20.1. The van der Waals surface area contributed by atoms with Crippen molar-refractivity contribution in [1.29, 1.82) is 0 Å². The second kappa shape index (κ2) is 9.73. The average molecular weight is 480 g/mol. The molecule has 0 aromatic carbocycles. The second-order valence-corrected chi connectivity index (χ2v) is 10.6. The molecular formula is C24H35F2N5O3. The third kappa shape index (κ3) is 6.21. The molecule has 0 unspecified atom stereocenters. The Kier molecular flexibility index (Phi) is 7.09. The van der Waals surface area contributed by atoms with Crippen molar-refractivity contribution in [3.05, 3.63) is 29.7 Å². The van der Waals surface area contributed by atoms with E-state index < -0.39 is 23.7 Å². The van der Waals surface area contributed by atoms with Crippen LogP contribution < -0.4 is 11.1 Å². The molecule has 2 heterocycles. The number of imidazole rings is 1. The highest BCUT2D eigenvalue weighted by Crippen LogP contribution is 2.41. The van der Waals surface area contributed by atoms with Gasteiger partial charge in [0.05, 0.1) is 42.9 Å². The van der Waals surface area contributed by atoms with Crippen LogP contribution in [0.4, 0.5) is 13.6 Å². The Morgan fingerprint density at radius 2 is 2.00 bits per heavy atom. The number of alkyl halides is 2. The van der Waals surface area contributed by atoms with Crippen LogP contribution >= 0.6 is 0 Å². The lowest BCUT2D eigenvalue weighted by Gasteiger charge is -2.33. The minimum atomic E-state index is -2.67. The normalized spacial score (nSPS) is 21.1. The number of ether oxygens (including phenoxy) is 2. The summed E-state index contributed by atoms with van der Waals surface area (Å²) in [6.45, 7) is 5.74. The van der Waals surface area contributed by atoms with Crippen LogP contribution in [0.2, 0.25) is 0 Å². The van der Waals surface area contributed by atoms with Crippen LogP contribution in [0.3, 0.4) is 0 Å². The molecule has 188 valence electrons. The molecule has 10 heteroatoms.